The van der Waals surface area contributed by atoms with Gasteiger partial charge in [0.25, 0.3) is 11.8 Å². The number of amides is 6. The summed E-state index contributed by atoms with van der Waals surface area (Å²) in [5.74, 6) is -0.714. The van der Waals surface area contributed by atoms with Gasteiger partial charge in [0.15, 0.2) is 47.1 Å². The lowest BCUT2D eigenvalue weighted by molar-refractivity contribution is -0.138. The molecule has 0 aliphatic carbocycles. The molecule has 31 nitrogen and oxygen atoms in total. The summed E-state index contributed by atoms with van der Waals surface area (Å²) in [5, 5.41) is 2.42. The predicted molar refractivity (Wildman–Crippen MR) is 308 cm³/mol. The molecule has 468 valence electrons. The largest absolute Gasteiger partial charge is 0.449 e. The molecule has 2 saturated heterocycles. The lowest BCUT2D eigenvalue weighted by Crippen LogP contribution is -2.38. The van der Waals surface area contributed by atoms with Gasteiger partial charge in [0.2, 0.25) is 11.8 Å². The van der Waals surface area contributed by atoms with Gasteiger partial charge in [0, 0.05) is 69.7 Å². The number of carbonyl (C=O) groups excluding carboxylic acids is 6. The van der Waals surface area contributed by atoms with Crippen molar-refractivity contribution in [3.63, 3.8) is 0 Å². The van der Waals surface area contributed by atoms with E-state index in [0.29, 0.717) is 25.3 Å². The number of nitrogens with one attached hydrogen (secondary N) is 1. The molecule has 3 aliphatic heterocycles. The minimum atomic E-state index is -4.56. The number of aromatic nitrogens is 8. The van der Waals surface area contributed by atoms with Crippen LogP contribution in [0.2, 0.25) is 0 Å². The molecular formula is C46H64F2N14O17P2S4. The number of hydrogen-bond acceptors (Lipinski definition) is 25. The minimum Gasteiger partial charge on any atom is -0.449 e. The molecule has 85 heavy (non-hydrogen) atoms. The van der Waals surface area contributed by atoms with Crippen LogP contribution in [-0.2, 0) is 72.8 Å². The Hall–Kier alpha value is -5.27. The first-order valence-corrected chi connectivity index (χ1v) is 33.6. The van der Waals surface area contributed by atoms with Crippen molar-refractivity contribution >= 4 is 129 Å². The number of likely N-dealkylation sites (N-methyl/N-ethyl adjacent to an activating group) is 3. The number of alkyl halides is 2. The molecule has 0 saturated carbocycles. The number of rotatable bonds is 31. The zero-order valence-corrected chi connectivity index (χ0v) is 51.5. The van der Waals surface area contributed by atoms with E-state index in [0.717, 1.165) is 22.1 Å². The number of nitrogen functional groups attached to an aromatic ring is 1. The van der Waals surface area contributed by atoms with E-state index in [1.54, 1.807) is 29.8 Å². The van der Waals surface area contributed by atoms with Crippen LogP contribution in [0.4, 0.5) is 30.0 Å². The van der Waals surface area contributed by atoms with E-state index in [2.05, 4.69) is 59.3 Å². The van der Waals surface area contributed by atoms with E-state index < -0.39 is 93.8 Å². The summed E-state index contributed by atoms with van der Waals surface area (Å²) in [6.45, 7) is -5.50. The molecule has 7 heterocycles. The first kappa shape index (κ1) is 67.2. The third-order valence-corrected chi connectivity index (χ3v) is 18.8. The molecule has 0 spiro atoms. The van der Waals surface area contributed by atoms with Crippen LogP contribution in [0.15, 0.2) is 37.5 Å². The van der Waals surface area contributed by atoms with Crippen LogP contribution in [0.3, 0.4) is 0 Å². The van der Waals surface area contributed by atoms with Crippen molar-refractivity contribution in [3.05, 3.63) is 37.5 Å². The quantitative estimate of drug-likeness (QED) is 0.0158. The topological polar surface area (TPSA) is 372 Å². The fraction of sp³-hybridized carbons (Fsp3) is 0.609. The maximum Gasteiger partial charge on any atom is 0.412 e. The highest BCUT2D eigenvalue weighted by molar-refractivity contribution is 8.77. The number of hydrogen-bond donors (Lipinski definition) is 5. The lowest BCUT2D eigenvalue weighted by atomic mass is 10.1. The third kappa shape index (κ3) is 18.9. The van der Waals surface area contributed by atoms with Crippen LogP contribution in [0.5, 0.6) is 0 Å². The zero-order valence-electron chi connectivity index (χ0n) is 46.4. The van der Waals surface area contributed by atoms with Gasteiger partial charge in [0.05, 0.1) is 64.7 Å². The Balaban J connectivity index is 0.791. The average Bonchev–Trinajstić information content (AvgIpc) is 2.49. The highest BCUT2D eigenvalue weighted by Crippen LogP contribution is 2.57. The van der Waals surface area contributed by atoms with Crippen LogP contribution < -0.4 is 11.1 Å². The fourth-order valence-corrected chi connectivity index (χ4v) is 12.8. The SMILES string of the molecule is CN(CCN(C)C(=O)CCC(C)(C)SSCCOC(=O)N(C)CCOC(=O)Nc1ncnc2c1ncn2[C@@H]1OC(COP(O)(O)=S)[C@@H](OP(=O)(S)OCC2C[C@@H](F)[C@H](n3cnc4c(N)ncnc43)O2)[C@H]1F)C(=O)CCOCCN1C(=O)C=CC1=O. The molecule has 4 aromatic rings. The standard InChI is InChI=1S/C46H64F2N14O17P2S4/c1-46(2,10-8-30(63)57(3)11-12-58(4)31(64)9-15-72-16-14-60-32(65)6-7-33(60)66)85-84-19-18-74-45(68)59(5)13-17-73-44(67)56-39-36-41(53-24-51-39)62(26-55-36)43-34(48)37(29(78-43)22-75-80(69,70)82)79-81(71,83)76-21-27-20-28(47)42(77-27)61-25-54-35-38(49)50-23-52-40(35)61/h6-7,23-29,34,37,42-43H,8-22H2,1-5H3,(H,71,83)(H2,49,50,52)(H2,69,70,82)(H,51,53,56,67)/t27?,28-,29?,34-,37-,42-,43-,81?/m1/s1. The Bertz CT molecular complexity index is 3150. The molecule has 2 fully saturated rings. The van der Waals surface area contributed by atoms with Crippen molar-refractivity contribution in [1.82, 2.24) is 58.6 Å². The van der Waals surface area contributed by atoms with E-state index in [4.69, 9.17) is 43.0 Å². The molecular weight excluding hydrogens is 1250 g/mol. The second-order valence-electron chi connectivity index (χ2n) is 19.8. The highest BCUT2D eigenvalue weighted by Gasteiger charge is 2.51. The summed E-state index contributed by atoms with van der Waals surface area (Å²) < 4.78 is 91.4. The van der Waals surface area contributed by atoms with E-state index in [9.17, 15) is 43.1 Å². The molecule has 8 atom stereocenters. The summed E-state index contributed by atoms with van der Waals surface area (Å²) in [5.41, 5.74) is 6.15. The van der Waals surface area contributed by atoms with Crippen molar-refractivity contribution in [2.24, 2.45) is 0 Å². The zero-order chi connectivity index (χ0) is 61.8. The van der Waals surface area contributed by atoms with Crippen LogP contribution >= 0.6 is 47.4 Å². The first-order valence-electron chi connectivity index (χ1n) is 26.0. The summed E-state index contributed by atoms with van der Waals surface area (Å²) in [4.78, 5) is 124. The van der Waals surface area contributed by atoms with Gasteiger partial charge in [-0.05, 0) is 32.1 Å². The van der Waals surface area contributed by atoms with E-state index in [1.165, 1.54) is 57.0 Å². The Kier molecular flexibility index (Phi) is 23.8. The monoisotopic (exact) mass is 1310 g/mol. The molecule has 3 aliphatic rings. The van der Waals surface area contributed by atoms with Crippen LogP contribution in [-0.4, -0.2) is 232 Å². The number of nitrogens with two attached hydrogens (primary N) is 1. The van der Waals surface area contributed by atoms with Gasteiger partial charge in [-0.15, -0.1) is 0 Å². The maximum absolute atomic E-state index is 16.6. The van der Waals surface area contributed by atoms with Gasteiger partial charge in [-0.3, -0.25) is 47.6 Å². The number of imidazole rings is 2. The molecule has 3 unspecified atom stereocenters. The van der Waals surface area contributed by atoms with Crippen molar-refractivity contribution in [3.8, 4) is 0 Å². The normalized spacial score (nSPS) is 21.4. The Morgan fingerprint density at radius 2 is 1.49 bits per heavy atom. The van der Waals surface area contributed by atoms with E-state index in [-0.39, 0.29) is 109 Å². The summed E-state index contributed by atoms with van der Waals surface area (Å²) >= 11 is 8.58. The van der Waals surface area contributed by atoms with Gasteiger partial charge in [-0.2, -0.15) is 0 Å². The van der Waals surface area contributed by atoms with Gasteiger partial charge >= 0.3 is 25.7 Å². The summed E-state index contributed by atoms with van der Waals surface area (Å²) in [6.07, 6.45) is -5.09. The smallest absolute Gasteiger partial charge is 0.412 e. The second-order valence-corrected chi connectivity index (χ2v) is 28.4. The predicted octanol–water partition coefficient (Wildman–Crippen LogP) is 3.58. The van der Waals surface area contributed by atoms with Gasteiger partial charge < -0.3 is 58.4 Å². The number of halogens is 2. The molecule has 39 heteroatoms. The van der Waals surface area contributed by atoms with Crippen molar-refractivity contribution in [2.75, 3.05) is 104 Å². The Morgan fingerprint density at radius 1 is 0.847 bits per heavy atom. The average molecular weight is 1310 g/mol. The molecule has 6 amide bonds. The number of imide groups is 1. The van der Waals surface area contributed by atoms with Crippen LogP contribution in [0.25, 0.3) is 22.3 Å². The number of ether oxygens (including phenoxy) is 5. The van der Waals surface area contributed by atoms with Crippen molar-refractivity contribution in [2.45, 2.75) is 87.4 Å². The third-order valence-electron chi connectivity index (χ3n) is 13.0. The molecule has 4 aromatic heterocycles. The molecule has 7 rings (SSSR count). The number of fused-ring (bicyclic) bond motifs is 2. The molecule has 0 bridgehead atoms. The number of nitrogens with zero attached hydrogens (tertiary/aromatic N) is 12. The Morgan fingerprint density at radius 3 is 2.19 bits per heavy atom. The van der Waals surface area contributed by atoms with Crippen LogP contribution in [0.1, 0.15) is 52.0 Å². The molecule has 0 radical (unpaired) electrons. The van der Waals surface area contributed by atoms with Crippen molar-refractivity contribution in [1.29, 1.82) is 0 Å². The summed E-state index contributed by atoms with van der Waals surface area (Å²) in [6, 6.07) is 0. The second kappa shape index (κ2) is 30.1. The van der Waals surface area contributed by atoms with Crippen molar-refractivity contribution < 1.29 is 89.2 Å². The maximum atomic E-state index is 16.6. The summed E-state index contributed by atoms with van der Waals surface area (Å²) in [7, 11) is 7.77. The molecule has 0 aromatic carbocycles. The van der Waals surface area contributed by atoms with E-state index in [1.807, 2.05) is 13.8 Å². The first-order chi connectivity index (χ1) is 40.2. The highest BCUT2D eigenvalue weighted by atomic mass is 33.1. The van der Waals surface area contributed by atoms with Gasteiger partial charge in [-0.1, -0.05) is 33.8 Å². The van der Waals surface area contributed by atoms with Gasteiger partial charge in [0.1, 0.15) is 49.8 Å². The van der Waals surface area contributed by atoms with Crippen LogP contribution in [0, 0.1) is 0 Å². The fourth-order valence-electron chi connectivity index (χ4n) is 8.37. The minimum absolute atomic E-state index is 0.0602. The van der Waals surface area contributed by atoms with E-state index >= 15 is 8.78 Å². The number of carbonyl (C=O) groups is 6. The lowest BCUT2D eigenvalue weighted by Gasteiger charge is -2.26. The number of anilines is 2. The molecule has 5 N–H and O–H groups in total. The van der Waals surface area contributed by atoms with Gasteiger partial charge in [-0.25, -0.2) is 52.8 Å². The number of thiol groups is 1. The Labute approximate surface area is 503 Å².